The highest BCUT2D eigenvalue weighted by atomic mass is 32.1. The van der Waals surface area contributed by atoms with E-state index >= 15 is 0 Å². The Hall–Kier alpha value is -2.25. The van der Waals surface area contributed by atoms with Crippen molar-refractivity contribution in [1.29, 1.82) is 5.26 Å². The van der Waals surface area contributed by atoms with Gasteiger partial charge in [0, 0.05) is 17.8 Å². The molecular formula is C13H8N2OS. The number of nitriles is 1. The van der Waals surface area contributed by atoms with Gasteiger partial charge in [0.1, 0.15) is 0 Å². The highest BCUT2D eigenvalue weighted by Gasteiger charge is 2.05. The van der Waals surface area contributed by atoms with Crippen LogP contribution < -0.4 is 4.74 Å². The molecule has 1 heterocycles. The predicted octanol–water partition coefficient (Wildman–Crippen LogP) is 2.71. The normalized spacial score (nSPS) is 9.35. The molecule has 2 aromatic rings. The summed E-state index contributed by atoms with van der Waals surface area (Å²) in [7, 11) is 0. The largest absolute Gasteiger partial charge is 0.427 e. The van der Waals surface area contributed by atoms with Gasteiger partial charge in [-0.15, -0.1) is 0 Å². The van der Waals surface area contributed by atoms with Gasteiger partial charge in [-0.25, -0.2) is 4.98 Å². The minimum absolute atomic E-state index is 0.306. The molecule has 4 heteroatoms. The summed E-state index contributed by atoms with van der Waals surface area (Å²) < 4.78 is 5.41. The molecule has 0 unspecified atom stereocenters. The molecule has 0 N–H and O–H groups in total. The molecule has 82 valence electrons. The van der Waals surface area contributed by atoms with E-state index in [1.54, 1.807) is 42.6 Å². The Morgan fingerprint density at radius 2 is 2.12 bits per heavy atom. The van der Waals surface area contributed by atoms with Gasteiger partial charge in [0.25, 0.3) is 0 Å². The molecule has 0 radical (unpaired) electrons. The van der Waals surface area contributed by atoms with E-state index in [-0.39, 0.29) is 0 Å². The molecule has 0 saturated heterocycles. The molecule has 0 aliphatic heterocycles. The summed E-state index contributed by atoms with van der Waals surface area (Å²) in [6, 6.07) is 14.4. The average molecular weight is 240 g/mol. The second-order valence-electron chi connectivity index (χ2n) is 3.25. The van der Waals surface area contributed by atoms with E-state index in [1.807, 2.05) is 6.07 Å². The van der Waals surface area contributed by atoms with Crippen molar-refractivity contribution in [2.24, 2.45) is 0 Å². The summed E-state index contributed by atoms with van der Waals surface area (Å²) in [4.78, 5) is 4.01. The van der Waals surface area contributed by atoms with E-state index in [2.05, 4.69) is 11.1 Å². The molecule has 1 aromatic carbocycles. The Kier molecular flexibility index (Phi) is 3.43. The summed E-state index contributed by atoms with van der Waals surface area (Å²) in [5.41, 5.74) is 1.25. The van der Waals surface area contributed by atoms with Crippen molar-refractivity contribution in [1.82, 2.24) is 4.98 Å². The molecule has 0 fully saturated rings. The van der Waals surface area contributed by atoms with Gasteiger partial charge in [-0.3, -0.25) is 0 Å². The first-order valence-corrected chi connectivity index (χ1v) is 5.34. The third-order valence-electron chi connectivity index (χ3n) is 2.06. The van der Waals surface area contributed by atoms with Crippen LogP contribution in [0.2, 0.25) is 0 Å². The Balaban J connectivity index is 2.18. The van der Waals surface area contributed by atoms with E-state index in [1.165, 1.54) is 0 Å². The number of aromatic nitrogens is 1. The molecular weight excluding hydrogens is 232 g/mol. The molecule has 2 rings (SSSR count). The van der Waals surface area contributed by atoms with Crippen LogP contribution in [0, 0.1) is 11.3 Å². The zero-order chi connectivity index (χ0) is 12.1. The van der Waals surface area contributed by atoms with Gasteiger partial charge in [-0.1, -0.05) is 18.2 Å². The van der Waals surface area contributed by atoms with Crippen molar-refractivity contribution >= 4 is 17.3 Å². The maximum Gasteiger partial charge on any atom is 0.220 e. The fourth-order valence-electron chi connectivity index (χ4n) is 1.28. The second kappa shape index (κ2) is 5.19. The minimum Gasteiger partial charge on any atom is -0.427 e. The number of hydrogen-bond donors (Lipinski definition) is 0. The minimum atomic E-state index is 0.306. The molecule has 17 heavy (non-hydrogen) atoms. The van der Waals surface area contributed by atoms with Crippen molar-refractivity contribution in [2.45, 2.75) is 0 Å². The van der Waals surface area contributed by atoms with Crippen LogP contribution in [0.1, 0.15) is 11.1 Å². The highest BCUT2D eigenvalue weighted by molar-refractivity contribution is 7.80. The number of rotatable bonds is 2. The third-order valence-corrected chi connectivity index (χ3v) is 2.38. The molecule has 1 aromatic heterocycles. The number of nitrogens with zero attached hydrogens (tertiary/aromatic N) is 2. The van der Waals surface area contributed by atoms with Crippen LogP contribution >= 0.6 is 12.2 Å². The van der Waals surface area contributed by atoms with Crippen LogP contribution in [0.15, 0.2) is 48.7 Å². The lowest BCUT2D eigenvalue weighted by Gasteiger charge is -2.05. The van der Waals surface area contributed by atoms with Gasteiger partial charge < -0.3 is 4.74 Å². The summed E-state index contributed by atoms with van der Waals surface area (Å²) in [6.07, 6.45) is 1.63. The van der Waals surface area contributed by atoms with Crippen LogP contribution in [-0.2, 0) is 0 Å². The van der Waals surface area contributed by atoms with Gasteiger partial charge in [0.15, 0.2) is 5.05 Å². The van der Waals surface area contributed by atoms with Crippen molar-refractivity contribution in [3.8, 4) is 11.9 Å². The van der Waals surface area contributed by atoms with Crippen molar-refractivity contribution in [3.63, 3.8) is 0 Å². The first-order chi connectivity index (χ1) is 8.29. The Morgan fingerprint density at radius 1 is 1.24 bits per heavy atom. The summed E-state index contributed by atoms with van der Waals surface area (Å²) in [6.45, 7) is 0. The number of ether oxygens (including phenoxy) is 1. The number of thiocarbonyl (C=S) groups is 1. The van der Waals surface area contributed by atoms with Crippen LogP contribution in [0.25, 0.3) is 0 Å². The Labute approximate surface area is 104 Å². The van der Waals surface area contributed by atoms with Crippen LogP contribution in [0.3, 0.4) is 0 Å². The standard InChI is InChI=1S/C13H8N2OS/c14-9-10-4-3-5-11(8-10)13(17)16-12-6-1-2-7-15-12/h1-8H. The van der Waals surface area contributed by atoms with Gasteiger partial charge in [0.05, 0.1) is 11.6 Å². The van der Waals surface area contributed by atoms with Crippen molar-refractivity contribution < 1.29 is 4.74 Å². The van der Waals surface area contributed by atoms with Gasteiger partial charge in [0.2, 0.25) is 5.88 Å². The number of pyridine rings is 1. The lowest BCUT2D eigenvalue weighted by molar-refractivity contribution is 0.542. The summed E-state index contributed by atoms with van der Waals surface area (Å²) >= 11 is 5.14. The monoisotopic (exact) mass is 240 g/mol. The molecule has 0 saturated carbocycles. The quantitative estimate of drug-likeness (QED) is 0.757. The smallest absolute Gasteiger partial charge is 0.220 e. The zero-order valence-corrected chi connectivity index (χ0v) is 9.65. The lowest BCUT2D eigenvalue weighted by atomic mass is 10.1. The highest BCUT2D eigenvalue weighted by Crippen LogP contribution is 2.10. The van der Waals surface area contributed by atoms with Crippen LogP contribution in [0.5, 0.6) is 5.88 Å². The summed E-state index contributed by atoms with van der Waals surface area (Å²) in [5.74, 6) is 0.444. The molecule has 0 atom stereocenters. The number of benzene rings is 1. The molecule has 0 aliphatic rings. The maximum atomic E-state index is 8.79. The predicted molar refractivity (Wildman–Crippen MR) is 67.7 cm³/mol. The van der Waals surface area contributed by atoms with E-state index < -0.39 is 0 Å². The van der Waals surface area contributed by atoms with E-state index in [4.69, 9.17) is 22.2 Å². The zero-order valence-electron chi connectivity index (χ0n) is 8.83. The van der Waals surface area contributed by atoms with E-state index in [0.29, 0.717) is 22.1 Å². The van der Waals surface area contributed by atoms with Crippen molar-refractivity contribution in [3.05, 3.63) is 59.8 Å². The van der Waals surface area contributed by atoms with E-state index in [0.717, 1.165) is 0 Å². The average Bonchev–Trinajstić information content (AvgIpc) is 2.40. The summed E-state index contributed by atoms with van der Waals surface area (Å²) in [5, 5.41) is 9.09. The number of hydrogen-bond acceptors (Lipinski definition) is 4. The Morgan fingerprint density at radius 3 is 2.82 bits per heavy atom. The molecule has 0 spiro atoms. The topological polar surface area (TPSA) is 45.9 Å². The fraction of sp³-hybridized carbons (Fsp3) is 0. The molecule has 3 nitrogen and oxygen atoms in total. The molecule has 0 amide bonds. The third kappa shape index (κ3) is 2.86. The first-order valence-electron chi connectivity index (χ1n) is 4.93. The lowest BCUT2D eigenvalue weighted by Crippen LogP contribution is -2.07. The maximum absolute atomic E-state index is 8.79. The van der Waals surface area contributed by atoms with Crippen LogP contribution in [0.4, 0.5) is 0 Å². The van der Waals surface area contributed by atoms with Crippen LogP contribution in [-0.4, -0.2) is 10.0 Å². The second-order valence-corrected chi connectivity index (χ2v) is 3.62. The molecule has 0 bridgehead atoms. The van der Waals surface area contributed by atoms with E-state index in [9.17, 15) is 0 Å². The van der Waals surface area contributed by atoms with Crippen molar-refractivity contribution in [2.75, 3.05) is 0 Å². The SMILES string of the molecule is N#Cc1cccc(C(=S)Oc2ccccn2)c1. The first kappa shape index (κ1) is 11.2. The van der Waals surface area contributed by atoms with Gasteiger partial charge in [-0.05, 0) is 30.4 Å². The Bertz CT molecular complexity index is 575. The fourth-order valence-corrected chi connectivity index (χ4v) is 1.49. The van der Waals surface area contributed by atoms with Gasteiger partial charge >= 0.3 is 0 Å². The molecule has 0 aliphatic carbocycles. The van der Waals surface area contributed by atoms with Gasteiger partial charge in [-0.2, -0.15) is 5.26 Å².